The maximum absolute atomic E-state index is 11.3. The quantitative estimate of drug-likeness (QED) is 0.832. The van der Waals surface area contributed by atoms with Crippen LogP contribution in [-0.4, -0.2) is 68.3 Å². The van der Waals surface area contributed by atoms with Crippen molar-refractivity contribution in [3.05, 3.63) is 30.3 Å². The first-order valence-electron chi connectivity index (χ1n) is 7.16. The Bertz CT molecular complexity index is 457. The monoisotopic (exact) mass is 275 g/mol. The van der Waals surface area contributed by atoms with Crippen LogP contribution in [0, 0.1) is 0 Å². The highest BCUT2D eigenvalue weighted by molar-refractivity contribution is 5.69. The van der Waals surface area contributed by atoms with Gasteiger partial charge >= 0.3 is 6.09 Å². The summed E-state index contributed by atoms with van der Waals surface area (Å²) in [4.78, 5) is 17.8. The molecule has 0 radical (unpaired) electrons. The first-order valence-corrected chi connectivity index (χ1v) is 7.16. The second kappa shape index (κ2) is 5.71. The predicted octanol–water partition coefficient (Wildman–Crippen LogP) is 1.26. The maximum Gasteiger partial charge on any atom is 0.410 e. The molecule has 20 heavy (non-hydrogen) atoms. The van der Waals surface area contributed by atoms with Gasteiger partial charge in [-0.25, -0.2) is 4.79 Å². The van der Waals surface area contributed by atoms with Gasteiger partial charge in [0.05, 0.1) is 6.54 Å². The predicted molar refractivity (Wildman–Crippen MR) is 78.0 cm³/mol. The van der Waals surface area contributed by atoms with Gasteiger partial charge in [0.2, 0.25) is 0 Å². The van der Waals surface area contributed by atoms with Gasteiger partial charge in [-0.15, -0.1) is 0 Å². The Labute approximate surface area is 119 Å². The van der Waals surface area contributed by atoms with Gasteiger partial charge in [0.25, 0.3) is 0 Å². The fourth-order valence-electron chi connectivity index (χ4n) is 2.86. The summed E-state index contributed by atoms with van der Waals surface area (Å²) in [6, 6.07) is 10.5. The van der Waals surface area contributed by atoms with E-state index in [-0.39, 0.29) is 12.2 Å². The molecule has 2 aliphatic rings. The molecule has 0 bridgehead atoms. The van der Waals surface area contributed by atoms with Gasteiger partial charge in [-0.05, 0) is 12.1 Å². The molecular weight excluding hydrogens is 254 g/mol. The highest BCUT2D eigenvalue weighted by Crippen LogP contribution is 2.17. The van der Waals surface area contributed by atoms with Crippen LogP contribution in [-0.2, 0) is 4.74 Å². The number of hydrogen-bond acceptors (Lipinski definition) is 4. The third-order valence-corrected chi connectivity index (χ3v) is 4.01. The minimum atomic E-state index is -0.196. The van der Waals surface area contributed by atoms with Crippen molar-refractivity contribution in [3.8, 4) is 0 Å². The standard InChI is InChI=1S/C15H21N3O2/c1-16-11-14(20-15(16)19)12-17-7-9-18(10-8-17)13-5-3-2-4-6-13/h2-6,14H,7-12H2,1H3. The van der Waals surface area contributed by atoms with Crippen molar-refractivity contribution in [1.82, 2.24) is 9.80 Å². The first kappa shape index (κ1) is 13.2. The number of nitrogens with zero attached hydrogens (tertiary/aromatic N) is 3. The SMILES string of the molecule is CN1CC(CN2CCN(c3ccccc3)CC2)OC1=O. The van der Waals surface area contributed by atoms with Crippen molar-refractivity contribution < 1.29 is 9.53 Å². The molecule has 1 atom stereocenters. The number of rotatable bonds is 3. The summed E-state index contributed by atoms with van der Waals surface area (Å²) in [5.41, 5.74) is 1.29. The van der Waals surface area contributed by atoms with Crippen LogP contribution in [0.5, 0.6) is 0 Å². The average molecular weight is 275 g/mol. The van der Waals surface area contributed by atoms with E-state index in [0.29, 0.717) is 6.54 Å². The Morgan fingerprint density at radius 1 is 1.15 bits per heavy atom. The summed E-state index contributed by atoms with van der Waals surface area (Å²) in [7, 11) is 1.79. The van der Waals surface area contributed by atoms with Crippen LogP contribution in [0.15, 0.2) is 30.3 Å². The minimum absolute atomic E-state index is 0.0239. The number of benzene rings is 1. The number of carbonyl (C=O) groups excluding carboxylic acids is 1. The number of ether oxygens (including phenoxy) is 1. The lowest BCUT2D eigenvalue weighted by molar-refractivity contribution is 0.104. The molecule has 1 unspecified atom stereocenters. The van der Waals surface area contributed by atoms with Gasteiger partial charge in [0, 0.05) is 45.5 Å². The van der Waals surface area contributed by atoms with E-state index in [4.69, 9.17) is 4.74 Å². The van der Waals surface area contributed by atoms with Crippen LogP contribution in [0.25, 0.3) is 0 Å². The van der Waals surface area contributed by atoms with Crippen molar-refractivity contribution in [1.29, 1.82) is 0 Å². The molecule has 2 fully saturated rings. The Kier molecular flexibility index (Phi) is 3.78. The van der Waals surface area contributed by atoms with E-state index < -0.39 is 0 Å². The molecule has 1 aromatic carbocycles. The van der Waals surface area contributed by atoms with Gasteiger partial charge in [0.15, 0.2) is 0 Å². The summed E-state index contributed by atoms with van der Waals surface area (Å²) < 4.78 is 5.32. The summed E-state index contributed by atoms with van der Waals surface area (Å²) in [6.07, 6.45) is -0.173. The molecule has 3 rings (SSSR count). The molecule has 5 heteroatoms. The van der Waals surface area contributed by atoms with Crippen molar-refractivity contribution in [2.24, 2.45) is 0 Å². The van der Waals surface area contributed by atoms with Gasteiger partial charge in [-0.1, -0.05) is 18.2 Å². The van der Waals surface area contributed by atoms with Crippen molar-refractivity contribution in [3.63, 3.8) is 0 Å². The molecule has 0 spiro atoms. The zero-order chi connectivity index (χ0) is 13.9. The Morgan fingerprint density at radius 3 is 2.45 bits per heavy atom. The number of para-hydroxylation sites is 1. The maximum atomic E-state index is 11.3. The molecule has 1 aromatic rings. The number of anilines is 1. The van der Waals surface area contributed by atoms with Gasteiger partial charge in [-0.3, -0.25) is 4.90 Å². The lowest BCUT2D eigenvalue weighted by Crippen LogP contribution is -2.49. The van der Waals surface area contributed by atoms with Crippen LogP contribution < -0.4 is 4.90 Å². The van der Waals surface area contributed by atoms with Crippen LogP contribution in [0.3, 0.4) is 0 Å². The van der Waals surface area contributed by atoms with Crippen LogP contribution in [0.4, 0.5) is 10.5 Å². The number of hydrogen-bond donors (Lipinski definition) is 0. The molecule has 0 N–H and O–H groups in total. The molecule has 5 nitrogen and oxygen atoms in total. The number of piperazine rings is 1. The van der Waals surface area contributed by atoms with Crippen LogP contribution >= 0.6 is 0 Å². The second-order valence-corrected chi connectivity index (χ2v) is 5.51. The van der Waals surface area contributed by atoms with E-state index in [9.17, 15) is 4.79 Å². The number of amides is 1. The van der Waals surface area contributed by atoms with Crippen molar-refractivity contribution in [2.75, 3.05) is 51.2 Å². The van der Waals surface area contributed by atoms with Gasteiger partial charge < -0.3 is 14.5 Å². The zero-order valence-electron chi connectivity index (χ0n) is 11.9. The third-order valence-electron chi connectivity index (χ3n) is 4.01. The fraction of sp³-hybridized carbons (Fsp3) is 0.533. The molecule has 1 amide bonds. The highest BCUT2D eigenvalue weighted by Gasteiger charge is 2.30. The topological polar surface area (TPSA) is 36.0 Å². The van der Waals surface area contributed by atoms with E-state index >= 15 is 0 Å². The molecule has 0 saturated carbocycles. The van der Waals surface area contributed by atoms with Crippen LogP contribution in [0.1, 0.15) is 0 Å². The highest BCUT2D eigenvalue weighted by atomic mass is 16.6. The van der Waals surface area contributed by atoms with Crippen LogP contribution in [0.2, 0.25) is 0 Å². The minimum Gasteiger partial charge on any atom is -0.443 e. The molecular formula is C15H21N3O2. The fourth-order valence-corrected chi connectivity index (χ4v) is 2.86. The average Bonchev–Trinajstić information content (AvgIpc) is 2.79. The summed E-state index contributed by atoms with van der Waals surface area (Å²) >= 11 is 0. The van der Waals surface area contributed by atoms with Crippen molar-refractivity contribution in [2.45, 2.75) is 6.10 Å². The summed E-state index contributed by atoms with van der Waals surface area (Å²) in [6.45, 7) is 5.65. The number of likely N-dealkylation sites (N-methyl/N-ethyl adjacent to an activating group) is 1. The van der Waals surface area contributed by atoms with E-state index in [1.807, 2.05) is 6.07 Å². The summed E-state index contributed by atoms with van der Waals surface area (Å²) in [5.74, 6) is 0. The number of cyclic esters (lactones) is 1. The Morgan fingerprint density at radius 2 is 1.85 bits per heavy atom. The van der Waals surface area contributed by atoms with Gasteiger partial charge in [0.1, 0.15) is 6.10 Å². The zero-order valence-corrected chi connectivity index (χ0v) is 11.9. The molecule has 2 heterocycles. The summed E-state index contributed by atoms with van der Waals surface area (Å²) in [5, 5.41) is 0. The van der Waals surface area contributed by atoms with Crippen molar-refractivity contribution >= 4 is 11.8 Å². The smallest absolute Gasteiger partial charge is 0.410 e. The Hall–Kier alpha value is -1.75. The molecule has 2 saturated heterocycles. The normalized spacial score (nSPS) is 24.1. The Balaban J connectivity index is 1.48. The molecule has 2 aliphatic heterocycles. The van der Waals surface area contributed by atoms with E-state index in [1.165, 1.54) is 5.69 Å². The molecule has 108 valence electrons. The number of carbonyl (C=O) groups is 1. The first-order chi connectivity index (χ1) is 9.72. The van der Waals surface area contributed by atoms with Gasteiger partial charge in [-0.2, -0.15) is 0 Å². The molecule has 0 aliphatic carbocycles. The lowest BCUT2D eigenvalue weighted by atomic mass is 10.2. The lowest BCUT2D eigenvalue weighted by Gasteiger charge is -2.36. The molecule has 0 aromatic heterocycles. The van der Waals surface area contributed by atoms with E-state index in [0.717, 1.165) is 32.7 Å². The largest absolute Gasteiger partial charge is 0.443 e. The van der Waals surface area contributed by atoms with E-state index in [2.05, 4.69) is 34.1 Å². The third kappa shape index (κ3) is 2.88. The van der Waals surface area contributed by atoms with E-state index in [1.54, 1.807) is 11.9 Å². The second-order valence-electron chi connectivity index (χ2n) is 5.51.